The summed E-state index contributed by atoms with van der Waals surface area (Å²) >= 11 is 5.12. The minimum Gasteiger partial charge on any atom is -0.396 e. The highest BCUT2D eigenvalue weighted by Crippen LogP contribution is 2.22. The predicted octanol–water partition coefficient (Wildman–Crippen LogP) is 2.34. The molecular weight excluding hydrogens is 250 g/mol. The van der Waals surface area contributed by atoms with Gasteiger partial charge in [0.25, 0.3) is 0 Å². The average molecular weight is 258 g/mol. The van der Waals surface area contributed by atoms with Gasteiger partial charge in [0.15, 0.2) is 0 Å². The molecule has 0 amide bonds. The SMILES string of the molecule is Nc1cnn(Cc2ccc(Br)s2)c1. The van der Waals surface area contributed by atoms with Gasteiger partial charge in [-0.05, 0) is 28.1 Å². The Bertz CT molecular complexity index is 369. The highest BCUT2D eigenvalue weighted by molar-refractivity contribution is 9.11. The molecule has 2 aromatic rings. The molecule has 2 rings (SSSR count). The standard InChI is InChI=1S/C8H8BrN3S/c9-8-2-1-7(13-8)5-12-4-6(10)3-11-12/h1-4H,5,10H2. The van der Waals surface area contributed by atoms with Crippen LogP contribution in [0, 0.1) is 0 Å². The number of halogens is 1. The lowest BCUT2D eigenvalue weighted by Crippen LogP contribution is -1.97. The van der Waals surface area contributed by atoms with Gasteiger partial charge in [0.05, 0.1) is 22.2 Å². The fourth-order valence-electron chi connectivity index (χ4n) is 1.06. The summed E-state index contributed by atoms with van der Waals surface area (Å²) in [5, 5.41) is 4.10. The smallest absolute Gasteiger partial charge is 0.0753 e. The van der Waals surface area contributed by atoms with E-state index >= 15 is 0 Å². The number of hydrogen-bond donors (Lipinski definition) is 1. The van der Waals surface area contributed by atoms with Gasteiger partial charge in [0.1, 0.15) is 0 Å². The molecule has 0 spiro atoms. The Morgan fingerprint density at radius 1 is 1.54 bits per heavy atom. The van der Waals surface area contributed by atoms with Gasteiger partial charge in [-0.3, -0.25) is 4.68 Å². The van der Waals surface area contributed by atoms with Crippen LogP contribution < -0.4 is 5.73 Å². The molecule has 0 saturated carbocycles. The van der Waals surface area contributed by atoms with Crippen LogP contribution in [0.5, 0.6) is 0 Å². The summed E-state index contributed by atoms with van der Waals surface area (Å²) < 4.78 is 2.97. The average Bonchev–Trinajstić information content (AvgIpc) is 2.62. The van der Waals surface area contributed by atoms with E-state index in [1.807, 2.05) is 16.9 Å². The fourth-order valence-corrected chi connectivity index (χ4v) is 2.54. The van der Waals surface area contributed by atoms with Crippen LogP contribution in [0.4, 0.5) is 5.69 Å². The first-order chi connectivity index (χ1) is 6.24. The molecule has 0 bridgehead atoms. The number of nitrogens with zero attached hydrogens (tertiary/aromatic N) is 2. The van der Waals surface area contributed by atoms with Gasteiger partial charge in [0, 0.05) is 11.1 Å². The van der Waals surface area contributed by atoms with Crippen molar-refractivity contribution in [3.63, 3.8) is 0 Å². The van der Waals surface area contributed by atoms with E-state index in [4.69, 9.17) is 5.73 Å². The number of anilines is 1. The van der Waals surface area contributed by atoms with Gasteiger partial charge in [0.2, 0.25) is 0 Å². The van der Waals surface area contributed by atoms with Crippen molar-refractivity contribution < 1.29 is 0 Å². The molecule has 2 heterocycles. The van der Waals surface area contributed by atoms with Crippen LogP contribution in [0.15, 0.2) is 28.3 Å². The molecule has 5 heteroatoms. The van der Waals surface area contributed by atoms with Crippen molar-refractivity contribution in [2.75, 3.05) is 5.73 Å². The number of nitrogens with two attached hydrogens (primary N) is 1. The van der Waals surface area contributed by atoms with E-state index in [9.17, 15) is 0 Å². The summed E-state index contributed by atoms with van der Waals surface area (Å²) in [6, 6.07) is 4.11. The molecule has 2 aromatic heterocycles. The van der Waals surface area contributed by atoms with Gasteiger partial charge in [-0.15, -0.1) is 11.3 Å². The van der Waals surface area contributed by atoms with Crippen molar-refractivity contribution in [1.82, 2.24) is 9.78 Å². The van der Waals surface area contributed by atoms with E-state index in [1.54, 1.807) is 17.5 Å². The first-order valence-corrected chi connectivity index (χ1v) is 5.37. The molecule has 0 atom stereocenters. The quantitative estimate of drug-likeness (QED) is 0.898. The Morgan fingerprint density at radius 3 is 2.92 bits per heavy atom. The summed E-state index contributed by atoms with van der Waals surface area (Å²) in [6.07, 6.45) is 3.48. The number of thiophene rings is 1. The second-order valence-corrected chi connectivity index (χ2v) is 5.22. The van der Waals surface area contributed by atoms with Crippen LogP contribution in [0.3, 0.4) is 0 Å². The Kier molecular flexibility index (Phi) is 2.37. The second kappa shape index (κ2) is 3.51. The Labute approximate surface area is 88.3 Å². The van der Waals surface area contributed by atoms with Crippen molar-refractivity contribution >= 4 is 33.0 Å². The third-order valence-electron chi connectivity index (χ3n) is 1.60. The van der Waals surface area contributed by atoms with E-state index in [0.29, 0.717) is 5.69 Å². The third-order valence-corrected chi connectivity index (χ3v) is 3.21. The zero-order valence-electron chi connectivity index (χ0n) is 6.77. The molecule has 2 N–H and O–H groups in total. The van der Waals surface area contributed by atoms with Gasteiger partial charge in [-0.1, -0.05) is 0 Å². The fraction of sp³-hybridized carbons (Fsp3) is 0.125. The van der Waals surface area contributed by atoms with E-state index in [0.717, 1.165) is 10.3 Å². The molecule has 68 valence electrons. The van der Waals surface area contributed by atoms with Crippen LogP contribution in [0.1, 0.15) is 4.88 Å². The van der Waals surface area contributed by atoms with Crippen LogP contribution in [0.2, 0.25) is 0 Å². The molecule has 0 aromatic carbocycles. The Hall–Kier alpha value is -0.810. The largest absolute Gasteiger partial charge is 0.396 e. The number of hydrogen-bond acceptors (Lipinski definition) is 3. The van der Waals surface area contributed by atoms with Gasteiger partial charge >= 0.3 is 0 Å². The topological polar surface area (TPSA) is 43.8 Å². The van der Waals surface area contributed by atoms with Crippen molar-refractivity contribution in [1.29, 1.82) is 0 Å². The minimum absolute atomic E-state index is 0.704. The Morgan fingerprint density at radius 2 is 2.38 bits per heavy atom. The maximum atomic E-state index is 5.55. The lowest BCUT2D eigenvalue weighted by atomic mass is 10.5. The molecule has 0 unspecified atom stereocenters. The van der Waals surface area contributed by atoms with Crippen LogP contribution >= 0.6 is 27.3 Å². The molecule has 0 aliphatic rings. The normalized spacial score (nSPS) is 10.5. The van der Waals surface area contributed by atoms with Crippen LogP contribution in [-0.4, -0.2) is 9.78 Å². The molecular formula is C8H8BrN3S. The van der Waals surface area contributed by atoms with E-state index < -0.39 is 0 Å². The predicted molar refractivity (Wildman–Crippen MR) is 57.8 cm³/mol. The van der Waals surface area contributed by atoms with Gasteiger partial charge in [-0.2, -0.15) is 5.10 Å². The monoisotopic (exact) mass is 257 g/mol. The van der Waals surface area contributed by atoms with Crippen LogP contribution in [0.25, 0.3) is 0 Å². The molecule has 3 nitrogen and oxygen atoms in total. The van der Waals surface area contributed by atoms with Gasteiger partial charge in [-0.25, -0.2) is 0 Å². The second-order valence-electron chi connectivity index (χ2n) is 2.68. The first kappa shape index (κ1) is 8.77. The lowest BCUT2D eigenvalue weighted by Gasteiger charge is -1.95. The van der Waals surface area contributed by atoms with Crippen molar-refractivity contribution in [2.45, 2.75) is 6.54 Å². The summed E-state index contributed by atoms with van der Waals surface area (Å²) in [6.45, 7) is 0.785. The number of aromatic nitrogens is 2. The van der Waals surface area contributed by atoms with Crippen molar-refractivity contribution in [3.05, 3.63) is 33.2 Å². The van der Waals surface area contributed by atoms with Crippen LogP contribution in [-0.2, 0) is 6.54 Å². The van der Waals surface area contributed by atoms with E-state index in [2.05, 4.69) is 27.1 Å². The molecule has 0 aliphatic heterocycles. The van der Waals surface area contributed by atoms with Crippen molar-refractivity contribution in [2.24, 2.45) is 0 Å². The summed E-state index contributed by atoms with van der Waals surface area (Å²) in [5.74, 6) is 0. The molecule has 0 fully saturated rings. The number of nitrogen functional groups attached to an aromatic ring is 1. The zero-order valence-corrected chi connectivity index (χ0v) is 9.18. The first-order valence-electron chi connectivity index (χ1n) is 3.76. The maximum Gasteiger partial charge on any atom is 0.0753 e. The third kappa shape index (κ3) is 2.10. The van der Waals surface area contributed by atoms with Crippen molar-refractivity contribution in [3.8, 4) is 0 Å². The van der Waals surface area contributed by atoms with E-state index in [-0.39, 0.29) is 0 Å². The maximum absolute atomic E-state index is 5.55. The molecule has 0 radical (unpaired) electrons. The Balaban J connectivity index is 2.14. The summed E-state index contributed by atoms with van der Waals surface area (Å²) in [7, 11) is 0. The summed E-state index contributed by atoms with van der Waals surface area (Å²) in [4.78, 5) is 1.26. The highest BCUT2D eigenvalue weighted by atomic mass is 79.9. The molecule has 0 saturated heterocycles. The minimum atomic E-state index is 0.704. The highest BCUT2D eigenvalue weighted by Gasteiger charge is 1.99. The number of rotatable bonds is 2. The lowest BCUT2D eigenvalue weighted by molar-refractivity contribution is 0.695. The summed E-state index contributed by atoms with van der Waals surface area (Å²) in [5.41, 5.74) is 6.25. The molecule has 13 heavy (non-hydrogen) atoms. The van der Waals surface area contributed by atoms with E-state index in [1.165, 1.54) is 4.88 Å². The zero-order chi connectivity index (χ0) is 9.26. The molecule has 0 aliphatic carbocycles. The van der Waals surface area contributed by atoms with Gasteiger partial charge < -0.3 is 5.73 Å².